The summed E-state index contributed by atoms with van der Waals surface area (Å²) in [5.41, 5.74) is 2.59. The third-order valence-corrected chi connectivity index (χ3v) is 4.59. The van der Waals surface area contributed by atoms with E-state index in [0.717, 1.165) is 25.8 Å². The highest BCUT2D eigenvalue weighted by molar-refractivity contribution is 5.77. The van der Waals surface area contributed by atoms with Crippen molar-refractivity contribution in [3.8, 4) is 0 Å². The van der Waals surface area contributed by atoms with Gasteiger partial charge in [0.15, 0.2) is 0 Å². The predicted octanol–water partition coefficient (Wildman–Crippen LogP) is 2.92. The van der Waals surface area contributed by atoms with Crippen LogP contribution in [0.25, 0.3) is 0 Å². The molecule has 1 aromatic carbocycles. The van der Waals surface area contributed by atoms with Gasteiger partial charge in [-0.05, 0) is 44.7 Å². The molecule has 1 fully saturated rings. The Kier molecular flexibility index (Phi) is 5.80. The normalized spacial score (nSPS) is 19.5. The molecule has 1 N–H and O–H groups in total. The lowest BCUT2D eigenvalue weighted by atomic mass is 10.0. The summed E-state index contributed by atoms with van der Waals surface area (Å²) < 4.78 is 0. The number of carbonyl (C=O) groups is 1. The molecule has 0 radical (unpaired) electrons. The zero-order valence-electron chi connectivity index (χ0n) is 13.6. The molecule has 116 valence electrons. The van der Waals surface area contributed by atoms with Crippen LogP contribution in [0, 0.1) is 6.92 Å². The maximum Gasteiger partial charge on any atom is 0.224 e. The van der Waals surface area contributed by atoms with E-state index in [4.69, 9.17) is 0 Å². The highest BCUT2D eigenvalue weighted by Crippen LogP contribution is 2.15. The molecule has 3 nitrogen and oxygen atoms in total. The number of nitrogens with one attached hydrogen (secondary N) is 1. The van der Waals surface area contributed by atoms with Gasteiger partial charge in [0.05, 0.1) is 0 Å². The third kappa shape index (κ3) is 4.57. The summed E-state index contributed by atoms with van der Waals surface area (Å²) >= 11 is 0. The highest BCUT2D eigenvalue weighted by atomic mass is 16.2. The maximum absolute atomic E-state index is 12.4. The van der Waals surface area contributed by atoms with Crippen LogP contribution in [0.15, 0.2) is 24.3 Å². The average Bonchev–Trinajstić information content (AvgIpc) is 2.99. The SMILES string of the molecule is CCC(Cc1ccc(C)cc1)N(C)C(=O)CC1CCCN1. The second-order valence-corrected chi connectivity index (χ2v) is 6.25. The minimum absolute atomic E-state index is 0.272. The van der Waals surface area contributed by atoms with E-state index in [0.29, 0.717) is 18.5 Å². The Morgan fingerprint density at radius 1 is 1.38 bits per heavy atom. The number of aryl methyl sites for hydroxylation is 1. The molecule has 2 unspecified atom stereocenters. The van der Waals surface area contributed by atoms with Crippen LogP contribution >= 0.6 is 0 Å². The van der Waals surface area contributed by atoms with Crippen molar-refractivity contribution in [1.29, 1.82) is 0 Å². The van der Waals surface area contributed by atoms with Crippen LogP contribution in [0.3, 0.4) is 0 Å². The molecule has 21 heavy (non-hydrogen) atoms. The van der Waals surface area contributed by atoms with Crippen LogP contribution < -0.4 is 5.32 Å². The summed E-state index contributed by atoms with van der Waals surface area (Å²) in [5.74, 6) is 0.272. The van der Waals surface area contributed by atoms with Gasteiger partial charge in [0.2, 0.25) is 5.91 Å². The van der Waals surface area contributed by atoms with Gasteiger partial charge in [0.1, 0.15) is 0 Å². The summed E-state index contributed by atoms with van der Waals surface area (Å²) in [5, 5.41) is 3.41. The zero-order chi connectivity index (χ0) is 15.2. The monoisotopic (exact) mass is 288 g/mol. The van der Waals surface area contributed by atoms with Crippen LogP contribution in [0.1, 0.15) is 43.7 Å². The molecule has 1 aliphatic heterocycles. The summed E-state index contributed by atoms with van der Waals surface area (Å²) in [6.45, 7) is 5.32. The van der Waals surface area contributed by atoms with E-state index >= 15 is 0 Å². The first-order valence-electron chi connectivity index (χ1n) is 8.14. The lowest BCUT2D eigenvalue weighted by Crippen LogP contribution is -2.40. The number of carbonyl (C=O) groups excluding carboxylic acids is 1. The second kappa shape index (κ2) is 7.60. The van der Waals surface area contributed by atoms with E-state index < -0.39 is 0 Å². The first-order chi connectivity index (χ1) is 10.1. The molecular weight excluding hydrogens is 260 g/mol. The smallest absolute Gasteiger partial charge is 0.224 e. The molecule has 1 amide bonds. The van der Waals surface area contributed by atoms with E-state index in [2.05, 4.69) is 43.4 Å². The molecule has 0 bridgehead atoms. The van der Waals surface area contributed by atoms with E-state index in [9.17, 15) is 4.79 Å². The molecular formula is C18H28N2O. The van der Waals surface area contributed by atoms with Gasteiger partial charge in [-0.15, -0.1) is 0 Å². The van der Waals surface area contributed by atoms with Crippen molar-refractivity contribution < 1.29 is 4.79 Å². The molecule has 0 spiro atoms. The van der Waals surface area contributed by atoms with Crippen molar-refractivity contribution >= 4 is 5.91 Å². The highest BCUT2D eigenvalue weighted by Gasteiger charge is 2.23. The lowest BCUT2D eigenvalue weighted by molar-refractivity contribution is -0.132. The fourth-order valence-corrected chi connectivity index (χ4v) is 3.04. The van der Waals surface area contributed by atoms with Gasteiger partial charge in [-0.3, -0.25) is 4.79 Å². The lowest BCUT2D eigenvalue weighted by Gasteiger charge is -2.28. The van der Waals surface area contributed by atoms with E-state index in [-0.39, 0.29) is 5.91 Å². The Bertz CT molecular complexity index is 449. The van der Waals surface area contributed by atoms with Crippen LogP contribution in [0.5, 0.6) is 0 Å². The standard InChI is InChI=1S/C18H28N2O/c1-4-17(12-15-9-7-14(2)8-10-15)20(3)18(21)13-16-6-5-11-19-16/h7-10,16-17,19H,4-6,11-13H2,1-3H3. The predicted molar refractivity (Wildman–Crippen MR) is 87.4 cm³/mol. The summed E-state index contributed by atoms with van der Waals surface area (Å²) in [6.07, 6.45) is 4.91. The first kappa shape index (κ1) is 16.0. The maximum atomic E-state index is 12.4. The van der Waals surface area contributed by atoms with Gasteiger partial charge < -0.3 is 10.2 Å². The third-order valence-electron chi connectivity index (χ3n) is 4.59. The summed E-state index contributed by atoms with van der Waals surface area (Å²) in [4.78, 5) is 14.4. The van der Waals surface area contributed by atoms with Crippen LogP contribution in [-0.4, -0.2) is 36.5 Å². The van der Waals surface area contributed by atoms with Crippen LogP contribution in [-0.2, 0) is 11.2 Å². The number of hydrogen-bond acceptors (Lipinski definition) is 2. The molecule has 1 saturated heterocycles. The molecule has 0 aliphatic carbocycles. The van der Waals surface area contributed by atoms with Crippen molar-refractivity contribution in [3.63, 3.8) is 0 Å². The Labute approximate surface area is 128 Å². The number of hydrogen-bond donors (Lipinski definition) is 1. The Morgan fingerprint density at radius 3 is 2.67 bits per heavy atom. The van der Waals surface area contributed by atoms with Crippen molar-refractivity contribution in [2.24, 2.45) is 0 Å². The second-order valence-electron chi connectivity index (χ2n) is 6.25. The van der Waals surface area contributed by atoms with Gasteiger partial charge in [-0.25, -0.2) is 0 Å². The van der Waals surface area contributed by atoms with Crippen molar-refractivity contribution in [1.82, 2.24) is 10.2 Å². The van der Waals surface area contributed by atoms with Crippen LogP contribution in [0.2, 0.25) is 0 Å². The summed E-state index contributed by atoms with van der Waals surface area (Å²) in [6, 6.07) is 9.32. The van der Waals surface area contributed by atoms with Gasteiger partial charge in [-0.1, -0.05) is 36.8 Å². The number of rotatable bonds is 6. The molecule has 2 rings (SSSR count). The largest absolute Gasteiger partial charge is 0.342 e. The molecule has 3 heteroatoms. The molecule has 0 aromatic heterocycles. The number of nitrogens with zero attached hydrogens (tertiary/aromatic N) is 1. The summed E-state index contributed by atoms with van der Waals surface area (Å²) in [7, 11) is 1.96. The molecule has 1 aliphatic rings. The van der Waals surface area contributed by atoms with Crippen molar-refractivity contribution in [2.45, 2.75) is 58.0 Å². The van der Waals surface area contributed by atoms with Gasteiger partial charge in [0.25, 0.3) is 0 Å². The van der Waals surface area contributed by atoms with Crippen molar-refractivity contribution in [2.75, 3.05) is 13.6 Å². The Balaban J connectivity index is 1.92. The average molecular weight is 288 g/mol. The number of likely N-dealkylation sites (N-methyl/N-ethyl adjacent to an activating group) is 1. The quantitative estimate of drug-likeness (QED) is 0.873. The van der Waals surface area contributed by atoms with Gasteiger partial charge in [0, 0.05) is 25.6 Å². The van der Waals surface area contributed by atoms with Crippen molar-refractivity contribution in [3.05, 3.63) is 35.4 Å². The molecule has 1 aromatic rings. The van der Waals surface area contributed by atoms with Gasteiger partial charge >= 0.3 is 0 Å². The van der Waals surface area contributed by atoms with Crippen LogP contribution in [0.4, 0.5) is 0 Å². The minimum atomic E-state index is 0.272. The van der Waals surface area contributed by atoms with E-state index in [1.165, 1.54) is 17.5 Å². The minimum Gasteiger partial charge on any atom is -0.342 e. The fourth-order valence-electron chi connectivity index (χ4n) is 3.04. The number of benzene rings is 1. The Morgan fingerprint density at radius 2 is 2.10 bits per heavy atom. The first-order valence-corrected chi connectivity index (χ1v) is 8.14. The van der Waals surface area contributed by atoms with Gasteiger partial charge in [-0.2, -0.15) is 0 Å². The van der Waals surface area contributed by atoms with E-state index in [1.54, 1.807) is 0 Å². The molecule has 2 atom stereocenters. The topological polar surface area (TPSA) is 32.3 Å². The Hall–Kier alpha value is -1.35. The fraction of sp³-hybridized carbons (Fsp3) is 0.611. The zero-order valence-corrected chi connectivity index (χ0v) is 13.6. The van der Waals surface area contributed by atoms with E-state index in [1.807, 2.05) is 11.9 Å². The molecule has 1 heterocycles. The number of amides is 1. The molecule has 0 saturated carbocycles.